The first-order chi connectivity index (χ1) is 25.1. The minimum atomic E-state index is -2.33. The highest BCUT2D eigenvalue weighted by atomic mass is 32.1. The number of thiazole rings is 1. The summed E-state index contributed by atoms with van der Waals surface area (Å²) in [5.41, 5.74) is 1.27. The van der Waals surface area contributed by atoms with Crippen molar-refractivity contribution in [1.29, 1.82) is 0 Å². The number of rotatable bonds is 21. The molecule has 0 radical (unpaired) electrons. The number of aryl methyl sites for hydroxylation is 1. The Morgan fingerprint density at radius 1 is 0.804 bits per heavy atom. The summed E-state index contributed by atoms with van der Waals surface area (Å²) >= 11 is 1.67. The van der Waals surface area contributed by atoms with Gasteiger partial charge in [-0.1, -0.05) is 102 Å². The minimum Gasteiger partial charge on any atom is -0.469 e. The van der Waals surface area contributed by atoms with Crippen LogP contribution < -0.4 is 0 Å². The monoisotopic (exact) mass is 852 g/mol. The van der Waals surface area contributed by atoms with E-state index in [0.29, 0.717) is 0 Å². The van der Waals surface area contributed by atoms with E-state index in [1.165, 1.54) is 12.7 Å². The molecule has 1 aromatic rings. The predicted molar refractivity (Wildman–Crippen MR) is 248 cm³/mol. The van der Waals surface area contributed by atoms with Gasteiger partial charge in [-0.05, 0) is 111 Å². The molecule has 56 heavy (non-hydrogen) atoms. The van der Waals surface area contributed by atoms with Gasteiger partial charge in [0.2, 0.25) is 0 Å². The number of carbonyl (C=O) groups excluding carboxylic acids is 2. The van der Waals surface area contributed by atoms with E-state index < -0.39 is 42.4 Å². The zero-order valence-electron chi connectivity index (χ0n) is 40.0. The second-order valence-electron chi connectivity index (χ2n) is 21.5. The van der Waals surface area contributed by atoms with Gasteiger partial charge in [0.15, 0.2) is 25.0 Å². The van der Waals surface area contributed by atoms with Crippen LogP contribution in [0.15, 0.2) is 23.1 Å². The third-order valence-corrected chi connectivity index (χ3v) is 27.5. The molecule has 0 spiro atoms. The lowest BCUT2D eigenvalue weighted by Crippen LogP contribution is -2.54. The standard InChI is InChI=1S/C45H85NO6SSi3/c1-32(27-25-23-24-26-28-37(50-54(17,18)42(5,6)7)33(2)29-36-31-53-35(4)46-36)40(52-56(21,22)44(11,12)13)34(3)41(48)45(14,15)38(30-39(47)49-16)51-55(19,20)43(8,9)10/h24,26,29,31-32,34,37-38,40H,23,25,27-28,30H2,1-22H3/t32-,34+,37?,38-,40-/m0/s1. The third kappa shape index (κ3) is 15.1. The third-order valence-electron chi connectivity index (χ3n) is 13.3. The Labute approximate surface area is 352 Å². The van der Waals surface area contributed by atoms with Gasteiger partial charge < -0.3 is 18.0 Å². The van der Waals surface area contributed by atoms with Crippen molar-refractivity contribution in [1.82, 2.24) is 4.98 Å². The molecular formula is C45H85NO6SSi3. The van der Waals surface area contributed by atoms with Crippen LogP contribution in [0.3, 0.4) is 0 Å². The molecule has 1 unspecified atom stereocenters. The first kappa shape index (κ1) is 52.8. The van der Waals surface area contributed by atoms with E-state index in [1.807, 2.05) is 27.7 Å². The van der Waals surface area contributed by atoms with Gasteiger partial charge in [-0.25, -0.2) is 4.98 Å². The summed E-state index contributed by atoms with van der Waals surface area (Å²) in [7, 11) is -5.20. The summed E-state index contributed by atoms with van der Waals surface area (Å²) < 4.78 is 26.2. The highest BCUT2D eigenvalue weighted by Gasteiger charge is 2.50. The van der Waals surface area contributed by atoms with Gasteiger partial charge in [-0.15, -0.1) is 11.3 Å². The van der Waals surface area contributed by atoms with Crippen molar-refractivity contribution in [3.8, 4) is 0 Å². The lowest BCUT2D eigenvalue weighted by atomic mass is 9.73. The molecule has 11 heteroatoms. The second kappa shape index (κ2) is 20.4. The van der Waals surface area contributed by atoms with Crippen molar-refractivity contribution in [3.63, 3.8) is 0 Å². The van der Waals surface area contributed by atoms with E-state index in [9.17, 15) is 9.59 Å². The maximum atomic E-state index is 14.8. The summed E-state index contributed by atoms with van der Waals surface area (Å²) in [6, 6.07) is 0. The Morgan fingerprint density at radius 3 is 1.77 bits per heavy atom. The van der Waals surface area contributed by atoms with Crippen LogP contribution >= 0.6 is 11.3 Å². The van der Waals surface area contributed by atoms with E-state index in [0.717, 1.165) is 36.4 Å². The molecule has 1 heterocycles. The van der Waals surface area contributed by atoms with Crippen LogP contribution in [0, 0.1) is 24.2 Å². The maximum Gasteiger partial charge on any atom is 0.308 e. The van der Waals surface area contributed by atoms with E-state index in [4.69, 9.17) is 18.0 Å². The van der Waals surface area contributed by atoms with E-state index in [2.05, 4.69) is 144 Å². The van der Waals surface area contributed by atoms with Crippen LogP contribution in [-0.4, -0.2) is 67.1 Å². The van der Waals surface area contributed by atoms with Crippen LogP contribution in [0.5, 0.6) is 0 Å². The number of nitrogens with zero attached hydrogens (tertiary/aromatic N) is 1. The number of hydrogen-bond donors (Lipinski definition) is 0. The van der Waals surface area contributed by atoms with E-state index >= 15 is 0 Å². The topological polar surface area (TPSA) is 84.0 Å². The molecule has 0 N–H and O–H groups in total. The first-order valence-electron chi connectivity index (χ1n) is 21.0. The molecule has 1 rings (SSSR count). The zero-order valence-corrected chi connectivity index (χ0v) is 43.9. The van der Waals surface area contributed by atoms with Gasteiger partial charge in [0.25, 0.3) is 0 Å². The molecular weight excluding hydrogens is 767 g/mol. The normalized spacial score (nSPS) is 17.1. The Kier molecular flexibility index (Phi) is 19.2. The van der Waals surface area contributed by atoms with Gasteiger partial charge in [0.05, 0.1) is 42.5 Å². The Morgan fingerprint density at radius 2 is 1.30 bits per heavy atom. The number of ketones is 1. The van der Waals surface area contributed by atoms with Crippen molar-refractivity contribution in [3.05, 3.63) is 33.8 Å². The smallest absolute Gasteiger partial charge is 0.308 e. The molecule has 324 valence electrons. The SMILES string of the molecule is COC(=O)C[C@H](O[Si](C)(C)C(C)(C)C)C(C)(C)C(=O)[C@H](C)[C@@H](O[Si](C)(C)C(C)(C)C)[C@@H](C)CCCC=CCC(O[Si](C)(C)C(C)(C)C)C(C)=Cc1csc(C)n1. The molecule has 0 saturated carbocycles. The van der Waals surface area contributed by atoms with Crippen molar-refractivity contribution in [2.45, 2.75) is 209 Å². The molecule has 5 atom stereocenters. The van der Waals surface area contributed by atoms with Crippen LogP contribution in [0.2, 0.25) is 54.4 Å². The fraction of sp³-hybridized carbons (Fsp3) is 0.800. The summed E-state index contributed by atoms with van der Waals surface area (Å²) in [5.74, 6) is -0.535. The number of unbranched alkanes of at least 4 members (excludes halogenated alkanes) is 1. The highest BCUT2D eigenvalue weighted by Crippen LogP contribution is 2.44. The number of Topliss-reactive ketones (excluding diaryl/α,β-unsaturated/α-hetero) is 1. The molecule has 0 bridgehead atoms. The van der Waals surface area contributed by atoms with Gasteiger partial charge >= 0.3 is 5.97 Å². The number of carbonyl (C=O) groups is 2. The summed E-state index contributed by atoms with van der Waals surface area (Å²) in [6.07, 6.45) is 9.60. The van der Waals surface area contributed by atoms with Crippen molar-refractivity contribution < 1.29 is 27.6 Å². The van der Waals surface area contributed by atoms with Crippen molar-refractivity contribution in [2.24, 2.45) is 17.3 Å². The number of ether oxygens (including phenoxy) is 1. The molecule has 0 saturated heterocycles. The fourth-order valence-corrected chi connectivity index (χ4v) is 10.9. The number of methoxy groups -OCH3 is 1. The second-order valence-corrected chi connectivity index (χ2v) is 36.9. The number of esters is 1. The van der Waals surface area contributed by atoms with Gasteiger partial charge in [0, 0.05) is 16.7 Å². The predicted octanol–water partition coefficient (Wildman–Crippen LogP) is 13.6. The number of hydrogen-bond acceptors (Lipinski definition) is 8. The molecule has 1 aromatic heterocycles. The van der Waals surface area contributed by atoms with Crippen LogP contribution in [0.4, 0.5) is 0 Å². The van der Waals surface area contributed by atoms with E-state index in [-0.39, 0.29) is 51.4 Å². The summed E-state index contributed by atoms with van der Waals surface area (Å²) in [4.78, 5) is 32.2. The quantitative estimate of drug-likeness (QED) is 0.0527. The van der Waals surface area contributed by atoms with Crippen LogP contribution in [0.25, 0.3) is 6.08 Å². The lowest BCUT2D eigenvalue weighted by Gasteiger charge is -2.46. The Bertz CT molecular complexity index is 1480. The molecule has 0 aliphatic carbocycles. The molecule has 0 aliphatic rings. The molecule has 0 aromatic carbocycles. The Balaban J connectivity index is 3.32. The summed E-state index contributed by atoms with van der Waals surface area (Å²) in [6.45, 7) is 46.1. The van der Waals surface area contributed by atoms with E-state index in [1.54, 1.807) is 11.3 Å². The zero-order chi connectivity index (χ0) is 43.9. The van der Waals surface area contributed by atoms with Gasteiger partial charge in [-0.2, -0.15) is 0 Å². The number of allylic oxidation sites excluding steroid dienone is 1. The van der Waals surface area contributed by atoms with Crippen molar-refractivity contribution >= 4 is 54.1 Å². The maximum absolute atomic E-state index is 14.8. The van der Waals surface area contributed by atoms with Gasteiger partial charge in [0.1, 0.15) is 5.78 Å². The highest BCUT2D eigenvalue weighted by molar-refractivity contribution is 7.09. The molecule has 0 fully saturated rings. The lowest BCUT2D eigenvalue weighted by molar-refractivity contribution is -0.148. The van der Waals surface area contributed by atoms with Crippen molar-refractivity contribution in [2.75, 3.05) is 7.11 Å². The van der Waals surface area contributed by atoms with Crippen LogP contribution in [-0.2, 0) is 27.6 Å². The largest absolute Gasteiger partial charge is 0.469 e. The minimum absolute atomic E-state index is 0.00529. The Hall–Kier alpha value is -1.22. The first-order valence-corrected chi connectivity index (χ1v) is 30.6. The number of aromatic nitrogens is 1. The molecule has 0 amide bonds. The average molecular weight is 853 g/mol. The van der Waals surface area contributed by atoms with Crippen LogP contribution in [0.1, 0.15) is 140 Å². The molecule has 7 nitrogen and oxygen atoms in total. The average Bonchev–Trinajstić information content (AvgIpc) is 3.45. The summed E-state index contributed by atoms with van der Waals surface area (Å²) in [5, 5.41) is 3.19. The molecule has 0 aliphatic heterocycles. The fourth-order valence-electron chi connectivity index (χ4n) is 6.03. The van der Waals surface area contributed by atoms with Gasteiger partial charge in [-0.3, -0.25) is 9.59 Å².